The predicted octanol–water partition coefficient (Wildman–Crippen LogP) is 1.70. The third kappa shape index (κ3) is 3.07. The van der Waals surface area contributed by atoms with E-state index in [4.69, 9.17) is 9.47 Å². The highest BCUT2D eigenvalue weighted by molar-refractivity contribution is 8.00. The number of aryl methyl sites for hydroxylation is 1. The van der Waals surface area contributed by atoms with Crippen LogP contribution in [0.2, 0.25) is 0 Å². The second kappa shape index (κ2) is 6.55. The van der Waals surface area contributed by atoms with Crippen LogP contribution >= 0.6 is 11.8 Å². The molecule has 1 aliphatic rings. The van der Waals surface area contributed by atoms with Gasteiger partial charge in [0.25, 0.3) is 0 Å². The standard InChI is InChI=1S/C15H14N6O3S/c1-2-21-14-13(19-20-21)15(17-7-16-14)25-6-12(22)18-9-3-4-10-11(5-9)24-8-23-10/h3-5,7H,2,6,8H2,1H3,(H,18,22). The van der Waals surface area contributed by atoms with E-state index in [1.165, 1.54) is 18.1 Å². The first-order valence-electron chi connectivity index (χ1n) is 7.61. The number of hydrogen-bond donors (Lipinski definition) is 1. The molecular formula is C15H14N6O3S. The van der Waals surface area contributed by atoms with Gasteiger partial charge < -0.3 is 14.8 Å². The van der Waals surface area contributed by atoms with Crippen LogP contribution < -0.4 is 14.8 Å². The molecule has 0 unspecified atom stereocenters. The van der Waals surface area contributed by atoms with Gasteiger partial charge in [0.2, 0.25) is 12.7 Å². The van der Waals surface area contributed by atoms with E-state index < -0.39 is 0 Å². The third-order valence-corrected chi connectivity index (χ3v) is 4.54. The molecule has 1 aromatic carbocycles. The van der Waals surface area contributed by atoms with Crippen LogP contribution in [-0.4, -0.2) is 43.4 Å². The smallest absolute Gasteiger partial charge is 0.234 e. The Morgan fingerprint density at radius 3 is 3.08 bits per heavy atom. The molecule has 0 saturated heterocycles. The van der Waals surface area contributed by atoms with Crippen LogP contribution in [0, 0.1) is 0 Å². The Kier molecular flexibility index (Phi) is 4.10. The van der Waals surface area contributed by atoms with Crippen LogP contribution in [0.5, 0.6) is 11.5 Å². The number of fused-ring (bicyclic) bond motifs is 2. The number of hydrogen-bond acceptors (Lipinski definition) is 8. The molecule has 10 heteroatoms. The average molecular weight is 358 g/mol. The Morgan fingerprint density at radius 1 is 1.32 bits per heavy atom. The molecule has 25 heavy (non-hydrogen) atoms. The maximum atomic E-state index is 12.2. The first-order chi connectivity index (χ1) is 12.2. The number of carbonyl (C=O) groups is 1. The molecule has 9 nitrogen and oxygen atoms in total. The van der Waals surface area contributed by atoms with Crippen LogP contribution in [0.4, 0.5) is 5.69 Å². The quantitative estimate of drug-likeness (QED) is 0.543. The van der Waals surface area contributed by atoms with Crippen molar-refractivity contribution in [2.75, 3.05) is 17.9 Å². The van der Waals surface area contributed by atoms with Crippen molar-refractivity contribution >= 4 is 34.5 Å². The van der Waals surface area contributed by atoms with Crippen LogP contribution in [0.25, 0.3) is 11.2 Å². The Bertz CT molecular complexity index is 944. The third-order valence-electron chi connectivity index (χ3n) is 3.56. The molecule has 1 amide bonds. The zero-order valence-corrected chi connectivity index (χ0v) is 14.1. The molecule has 0 atom stereocenters. The van der Waals surface area contributed by atoms with E-state index in [0.717, 1.165) is 0 Å². The number of anilines is 1. The minimum atomic E-state index is -0.154. The number of amides is 1. The molecule has 0 radical (unpaired) electrons. The zero-order chi connectivity index (χ0) is 17.2. The Morgan fingerprint density at radius 2 is 2.20 bits per heavy atom. The lowest BCUT2D eigenvalue weighted by Gasteiger charge is -2.06. The number of ether oxygens (including phenoxy) is 2. The summed E-state index contributed by atoms with van der Waals surface area (Å²) in [5.74, 6) is 1.34. The minimum Gasteiger partial charge on any atom is -0.454 e. The van der Waals surface area contributed by atoms with Crippen LogP contribution in [-0.2, 0) is 11.3 Å². The lowest BCUT2D eigenvalue weighted by atomic mass is 10.3. The van der Waals surface area contributed by atoms with Gasteiger partial charge in [-0.25, -0.2) is 14.6 Å². The number of benzene rings is 1. The number of nitrogens with one attached hydrogen (secondary N) is 1. The molecule has 3 aromatic rings. The lowest BCUT2D eigenvalue weighted by Crippen LogP contribution is -2.14. The van der Waals surface area contributed by atoms with Crippen molar-refractivity contribution in [3.05, 3.63) is 24.5 Å². The van der Waals surface area contributed by atoms with Gasteiger partial charge in [0.15, 0.2) is 22.7 Å². The number of rotatable bonds is 5. The molecule has 2 aromatic heterocycles. The highest BCUT2D eigenvalue weighted by Gasteiger charge is 2.15. The molecule has 0 aliphatic carbocycles. The SMILES string of the molecule is CCn1nnc2c(SCC(=O)Nc3ccc4c(c3)OCO4)ncnc21. The van der Waals surface area contributed by atoms with Gasteiger partial charge in [0.05, 0.1) is 5.75 Å². The summed E-state index contributed by atoms with van der Waals surface area (Å²) >= 11 is 1.29. The van der Waals surface area contributed by atoms with Gasteiger partial charge in [-0.1, -0.05) is 17.0 Å². The van der Waals surface area contributed by atoms with E-state index in [-0.39, 0.29) is 18.5 Å². The largest absolute Gasteiger partial charge is 0.454 e. The van der Waals surface area contributed by atoms with Crippen molar-refractivity contribution in [1.82, 2.24) is 25.0 Å². The van der Waals surface area contributed by atoms with E-state index in [9.17, 15) is 4.79 Å². The fourth-order valence-electron chi connectivity index (χ4n) is 2.40. The summed E-state index contributed by atoms with van der Waals surface area (Å²) in [6, 6.07) is 5.27. The fourth-order valence-corrected chi connectivity index (χ4v) is 3.13. The van der Waals surface area contributed by atoms with Crippen LogP contribution in [0.1, 0.15) is 6.92 Å². The summed E-state index contributed by atoms with van der Waals surface area (Å²) in [7, 11) is 0. The van der Waals surface area contributed by atoms with Gasteiger partial charge in [0.1, 0.15) is 11.4 Å². The summed E-state index contributed by atoms with van der Waals surface area (Å²) in [6.45, 7) is 2.83. The van der Waals surface area contributed by atoms with E-state index in [0.29, 0.717) is 39.9 Å². The normalized spacial score (nSPS) is 12.5. The van der Waals surface area contributed by atoms with E-state index in [2.05, 4.69) is 25.6 Å². The maximum absolute atomic E-state index is 12.2. The Balaban J connectivity index is 1.43. The molecule has 1 aliphatic heterocycles. The van der Waals surface area contributed by atoms with E-state index >= 15 is 0 Å². The van der Waals surface area contributed by atoms with E-state index in [1.807, 2.05) is 6.92 Å². The molecule has 128 valence electrons. The molecule has 0 spiro atoms. The van der Waals surface area contributed by atoms with Crippen LogP contribution in [0.15, 0.2) is 29.6 Å². The number of carbonyl (C=O) groups excluding carboxylic acids is 1. The predicted molar refractivity (Wildman–Crippen MR) is 90.7 cm³/mol. The highest BCUT2D eigenvalue weighted by Crippen LogP contribution is 2.34. The molecule has 1 N–H and O–H groups in total. The van der Waals surface area contributed by atoms with Gasteiger partial charge in [0, 0.05) is 18.3 Å². The maximum Gasteiger partial charge on any atom is 0.234 e. The lowest BCUT2D eigenvalue weighted by molar-refractivity contribution is -0.113. The monoisotopic (exact) mass is 358 g/mol. The molecule has 0 saturated carbocycles. The van der Waals surface area contributed by atoms with Crippen molar-refractivity contribution < 1.29 is 14.3 Å². The Hall–Kier alpha value is -2.88. The van der Waals surface area contributed by atoms with Gasteiger partial charge in [-0.2, -0.15) is 0 Å². The summed E-state index contributed by atoms with van der Waals surface area (Å²) < 4.78 is 12.2. The first kappa shape index (κ1) is 15.6. The minimum absolute atomic E-state index is 0.154. The Labute approximate surface area is 146 Å². The van der Waals surface area contributed by atoms with Gasteiger partial charge in [-0.15, -0.1) is 5.10 Å². The topological polar surface area (TPSA) is 104 Å². The van der Waals surface area contributed by atoms with Crippen molar-refractivity contribution in [2.45, 2.75) is 18.5 Å². The van der Waals surface area contributed by atoms with Crippen molar-refractivity contribution in [2.24, 2.45) is 0 Å². The number of thioether (sulfide) groups is 1. The highest BCUT2D eigenvalue weighted by atomic mass is 32.2. The molecular weight excluding hydrogens is 344 g/mol. The summed E-state index contributed by atoms with van der Waals surface area (Å²) in [5, 5.41) is 11.6. The van der Waals surface area contributed by atoms with Crippen molar-refractivity contribution in [3.63, 3.8) is 0 Å². The summed E-state index contributed by atoms with van der Waals surface area (Å²) in [4.78, 5) is 20.6. The average Bonchev–Trinajstić information content (AvgIpc) is 3.26. The number of aromatic nitrogens is 5. The van der Waals surface area contributed by atoms with E-state index in [1.54, 1.807) is 22.9 Å². The van der Waals surface area contributed by atoms with Gasteiger partial charge in [-0.3, -0.25) is 4.79 Å². The number of nitrogens with zero attached hydrogens (tertiary/aromatic N) is 5. The van der Waals surface area contributed by atoms with Crippen molar-refractivity contribution in [1.29, 1.82) is 0 Å². The second-order valence-electron chi connectivity index (χ2n) is 5.16. The molecule has 0 bridgehead atoms. The molecule has 3 heterocycles. The van der Waals surface area contributed by atoms with Crippen molar-refractivity contribution in [3.8, 4) is 11.5 Å². The summed E-state index contributed by atoms with van der Waals surface area (Å²) in [5.41, 5.74) is 1.92. The first-order valence-corrected chi connectivity index (χ1v) is 8.59. The van der Waals surface area contributed by atoms with Crippen LogP contribution in [0.3, 0.4) is 0 Å². The molecule has 4 rings (SSSR count). The van der Waals surface area contributed by atoms with Gasteiger partial charge in [-0.05, 0) is 19.1 Å². The molecule has 0 fully saturated rings. The fraction of sp³-hybridized carbons (Fsp3) is 0.267. The van der Waals surface area contributed by atoms with Gasteiger partial charge >= 0.3 is 0 Å². The summed E-state index contributed by atoms with van der Waals surface area (Å²) in [6.07, 6.45) is 1.45. The second-order valence-corrected chi connectivity index (χ2v) is 6.13. The zero-order valence-electron chi connectivity index (χ0n) is 13.3.